The highest BCUT2D eigenvalue weighted by atomic mass is 32.2. The second kappa shape index (κ2) is 5.28. The van der Waals surface area contributed by atoms with Crippen LogP contribution >= 0.6 is 0 Å². The van der Waals surface area contributed by atoms with Crippen molar-refractivity contribution in [2.75, 3.05) is 18.6 Å². The van der Waals surface area contributed by atoms with Crippen LogP contribution in [0, 0.1) is 0 Å². The smallest absolute Gasteiger partial charge is 0.247 e. The molecule has 2 heterocycles. The van der Waals surface area contributed by atoms with Crippen LogP contribution in [-0.4, -0.2) is 43.0 Å². The molecule has 110 valence electrons. The standard InChI is InChI=1S/C12H18N4O3S/c13-15-9-4-5-14-8-12(9)20(17,18)16-6-7-19-11-3-1-2-10(11)16/h4-5,8,10-11H,1-3,6-7,13H2,(H,14,15). The van der Waals surface area contributed by atoms with E-state index in [1.807, 2.05) is 0 Å². The summed E-state index contributed by atoms with van der Waals surface area (Å²) in [7, 11) is -3.61. The fourth-order valence-corrected chi connectivity index (χ4v) is 4.78. The number of hydrogen-bond acceptors (Lipinski definition) is 6. The fourth-order valence-electron chi connectivity index (χ4n) is 3.02. The maximum atomic E-state index is 12.8. The topological polar surface area (TPSA) is 97.5 Å². The number of nitrogen functional groups attached to an aromatic ring is 1. The number of fused-ring (bicyclic) bond motifs is 1. The van der Waals surface area contributed by atoms with Crippen LogP contribution in [0.25, 0.3) is 0 Å². The number of rotatable bonds is 3. The lowest BCUT2D eigenvalue weighted by Gasteiger charge is -2.36. The number of hydrazine groups is 1. The van der Waals surface area contributed by atoms with Crippen LogP contribution in [0.1, 0.15) is 19.3 Å². The summed E-state index contributed by atoms with van der Waals surface area (Å²) < 4.78 is 32.9. The van der Waals surface area contributed by atoms with Crippen molar-refractivity contribution in [3.05, 3.63) is 18.5 Å². The number of nitrogens with two attached hydrogens (primary N) is 1. The first kappa shape index (κ1) is 13.7. The molecule has 0 bridgehead atoms. The lowest BCUT2D eigenvalue weighted by Crippen LogP contribution is -2.51. The van der Waals surface area contributed by atoms with Crippen LogP contribution < -0.4 is 11.3 Å². The van der Waals surface area contributed by atoms with Gasteiger partial charge in [-0.1, -0.05) is 0 Å². The van der Waals surface area contributed by atoms with Crippen molar-refractivity contribution in [2.24, 2.45) is 5.84 Å². The summed E-state index contributed by atoms with van der Waals surface area (Å²) in [6.45, 7) is 0.814. The molecule has 2 fully saturated rings. The predicted octanol–water partition coefficient (Wildman–Crippen LogP) is 0.309. The van der Waals surface area contributed by atoms with Crippen LogP contribution in [0.3, 0.4) is 0 Å². The first-order chi connectivity index (χ1) is 9.64. The van der Waals surface area contributed by atoms with Gasteiger partial charge >= 0.3 is 0 Å². The average Bonchev–Trinajstić information content (AvgIpc) is 2.95. The van der Waals surface area contributed by atoms with E-state index in [0.717, 1.165) is 19.3 Å². The minimum atomic E-state index is -3.61. The molecule has 1 saturated carbocycles. The highest BCUT2D eigenvalue weighted by Gasteiger charge is 2.42. The third-order valence-corrected chi connectivity index (χ3v) is 5.91. The molecule has 1 saturated heterocycles. The van der Waals surface area contributed by atoms with Crippen molar-refractivity contribution in [3.8, 4) is 0 Å². The van der Waals surface area contributed by atoms with Gasteiger partial charge in [0, 0.05) is 18.9 Å². The van der Waals surface area contributed by atoms with Gasteiger partial charge in [-0.2, -0.15) is 4.31 Å². The van der Waals surface area contributed by atoms with Gasteiger partial charge in [0.05, 0.1) is 24.4 Å². The first-order valence-electron chi connectivity index (χ1n) is 6.68. The van der Waals surface area contributed by atoms with Gasteiger partial charge in [0.15, 0.2) is 0 Å². The number of nitrogens with one attached hydrogen (secondary N) is 1. The maximum absolute atomic E-state index is 12.8. The van der Waals surface area contributed by atoms with Gasteiger partial charge in [0.1, 0.15) is 4.90 Å². The summed E-state index contributed by atoms with van der Waals surface area (Å²) in [5.74, 6) is 5.40. The van der Waals surface area contributed by atoms with Crippen LogP contribution in [-0.2, 0) is 14.8 Å². The molecule has 7 nitrogen and oxygen atoms in total. The Labute approximate surface area is 118 Å². The molecule has 2 unspecified atom stereocenters. The molecule has 2 atom stereocenters. The number of ether oxygens (including phenoxy) is 1. The van der Waals surface area contributed by atoms with E-state index in [4.69, 9.17) is 10.6 Å². The minimum Gasteiger partial charge on any atom is -0.375 e. The highest BCUT2D eigenvalue weighted by molar-refractivity contribution is 7.89. The molecule has 1 aromatic heterocycles. The molecule has 0 radical (unpaired) electrons. The van der Waals surface area contributed by atoms with Gasteiger partial charge in [-0.05, 0) is 25.3 Å². The lowest BCUT2D eigenvalue weighted by atomic mass is 10.2. The Kier molecular flexibility index (Phi) is 3.63. The molecule has 20 heavy (non-hydrogen) atoms. The quantitative estimate of drug-likeness (QED) is 0.615. The van der Waals surface area contributed by atoms with E-state index in [2.05, 4.69) is 10.4 Å². The van der Waals surface area contributed by atoms with Gasteiger partial charge in [-0.25, -0.2) is 8.42 Å². The number of aromatic nitrogens is 1. The molecule has 1 aliphatic heterocycles. The average molecular weight is 298 g/mol. The number of sulfonamides is 1. The van der Waals surface area contributed by atoms with Gasteiger partial charge in [-0.15, -0.1) is 0 Å². The van der Waals surface area contributed by atoms with Gasteiger partial charge < -0.3 is 10.2 Å². The molecule has 2 aliphatic rings. The summed E-state index contributed by atoms with van der Waals surface area (Å²) in [4.78, 5) is 4.03. The molecule has 0 aromatic carbocycles. The number of morpholine rings is 1. The maximum Gasteiger partial charge on any atom is 0.247 e. The number of pyridine rings is 1. The van der Waals surface area contributed by atoms with E-state index in [0.29, 0.717) is 18.8 Å². The minimum absolute atomic E-state index is 0.0180. The van der Waals surface area contributed by atoms with E-state index in [1.165, 1.54) is 12.4 Å². The molecule has 3 rings (SSSR count). The number of nitrogens with zero attached hydrogens (tertiary/aromatic N) is 2. The summed E-state index contributed by atoms with van der Waals surface area (Å²) in [6, 6.07) is 1.49. The van der Waals surface area contributed by atoms with Crippen LogP contribution in [0.2, 0.25) is 0 Å². The van der Waals surface area contributed by atoms with E-state index in [-0.39, 0.29) is 17.0 Å². The van der Waals surface area contributed by atoms with Crippen molar-refractivity contribution >= 4 is 15.7 Å². The van der Waals surface area contributed by atoms with Crippen LogP contribution in [0.5, 0.6) is 0 Å². The zero-order valence-corrected chi connectivity index (χ0v) is 11.8. The van der Waals surface area contributed by atoms with Crippen molar-refractivity contribution in [3.63, 3.8) is 0 Å². The highest BCUT2D eigenvalue weighted by Crippen LogP contribution is 2.34. The van der Waals surface area contributed by atoms with Crippen molar-refractivity contribution in [2.45, 2.75) is 36.3 Å². The van der Waals surface area contributed by atoms with Crippen molar-refractivity contribution < 1.29 is 13.2 Å². The normalized spacial score (nSPS) is 27.2. The molecule has 0 spiro atoms. The van der Waals surface area contributed by atoms with Gasteiger partial charge in [-0.3, -0.25) is 10.8 Å². The van der Waals surface area contributed by atoms with Crippen LogP contribution in [0.4, 0.5) is 5.69 Å². The van der Waals surface area contributed by atoms with E-state index in [1.54, 1.807) is 10.4 Å². The Balaban J connectivity index is 1.98. The van der Waals surface area contributed by atoms with Crippen LogP contribution in [0.15, 0.2) is 23.4 Å². The monoisotopic (exact) mass is 298 g/mol. The Hall–Kier alpha value is -1.22. The van der Waals surface area contributed by atoms with E-state index < -0.39 is 10.0 Å². The summed E-state index contributed by atoms with van der Waals surface area (Å²) in [5, 5.41) is 0. The van der Waals surface area contributed by atoms with Gasteiger partial charge in [0.2, 0.25) is 10.0 Å². The Morgan fingerprint density at radius 3 is 3.10 bits per heavy atom. The first-order valence-corrected chi connectivity index (χ1v) is 8.12. The van der Waals surface area contributed by atoms with Crippen molar-refractivity contribution in [1.29, 1.82) is 0 Å². The number of hydrogen-bond donors (Lipinski definition) is 2. The summed E-state index contributed by atoms with van der Waals surface area (Å²) >= 11 is 0. The lowest BCUT2D eigenvalue weighted by molar-refractivity contribution is -0.0241. The third kappa shape index (κ3) is 2.18. The summed E-state index contributed by atoms with van der Waals surface area (Å²) in [6.07, 6.45) is 5.62. The summed E-state index contributed by atoms with van der Waals surface area (Å²) in [5.41, 5.74) is 2.79. The SMILES string of the molecule is NNc1ccncc1S(=O)(=O)N1CCOC2CCCC21. The van der Waals surface area contributed by atoms with E-state index in [9.17, 15) is 8.42 Å². The third-order valence-electron chi connectivity index (χ3n) is 3.96. The fraction of sp³-hybridized carbons (Fsp3) is 0.583. The predicted molar refractivity (Wildman–Crippen MR) is 73.3 cm³/mol. The molecule has 1 aromatic rings. The van der Waals surface area contributed by atoms with E-state index >= 15 is 0 Å². The second-order valence-corrected chi connectivity index (χ2v) is 6.90. The number of anilines is 1. The van der Waals surface area contributed by atoms with Crippen molar-refractivity contribution in [1.82, 2.24) is 9.29 Å². The van der Waals surface area contributed by atoms with Gasteiger partial charge in [0.25, 0.3) is 0 Å². The second-order valence-electron chi connectivity index (χ2n) is 5.04. The molecular formula is C12H18N4O3S. The Bertz CT molecular complexity index is 592. The Morgan fingerprint density at radius 1 is 1.45 bits per heavy atom. The molecule has 3 N–H and O–H groups in total. The molecule has 1 aliphatic carbocycles. The molecular weight excluding hydrogens is 280 g/mol. The zero-order chi connectivity index (χ0) is 14.2. The Morgan fingerprint density at radius 2 is 2.30 bits per heavy atom. The molecule has 0 amide bonds. The zero-order valence-electron chi connectivity index (χ0n) is 11.0. The molecule has 8 heteroatoms. The largest absolute Gasteiger partial charge is 0.375 e.